The van der Waals surface area contributed by atoms with Gasteiger partial charge in [0.2, 0.25) is 0 Å². The van der Waals surface area contributed by atoms with Gasteiger partial charge >= 0.3 is 5.97 Å². The summed E-state index contributed by atoms with van der Waals surface area (Å²) in [5.74, 6) is 0.0174. The Labute approximate surface area is 161 Å². The maximum atomic E-state index is 10.7. The molecule has 0 spiro atoms. The molecule has 1 heterocycles. The highest BCUT2D eigenvalue weighted by Gasteiger charge is 2.35. The van der Waals surface area contributed by atoms with Gasteiger partial charge in [-0.05, 0) is 35.8 Å². The molecule has 0 unspecified atom stereocenters. The van der Waals surface area contributed by atoms with Crippen LogP contribution in [0, 0.1) is 0 Å². The van der Waals surface area contributed by atoms with Crippen molar-refractivity contribution in [2.45, 2.75) is 45.4 Å². The summed E-state index contributed by atoms with van der Waals surface area (Å²) >= 11 is 0. The van der Waals surface area contributed by atoms with E-state index in [2.05, 4.69) is 56.9 Å². The SMILES string of the molecule is CC(C=CCN1CCOc2cc3c(cc21)C(C)(C)C=CC3(C)C)=CC(=O)O. The van der Waals surface area contributed by atoms with Gasteiger partial charge in [0.1, 0.15) is 12.4 Å². The van der Waals surface area contributed by atoms with Crippen LogP contribution in [-0.2, 0) is 15.6 Å². The molecular formula is C23H29NO3. The van der Waals surface area contributed by atoms with Crippen LogP contribution in [0.15, 0.2) is 48.1 Å². The van der Waals surface area contributed by atoms with E-state index in [-0.39, 0.29) is 10.8 Å². The fraction of sp³-hybridized carbons (Fsp3) is 0.435. The number of aliphatic carboxylic acids is 1. The third kappa shape index (κ3) is 3.95. The van der Waals surface area contributed by atoms with Crippen molar-refractivity contribution >= 4 is 11.7 Å². The van der Waals surface area contributed by atoms with Crippen molar-refractivity contribution in [2.75, 3.05) is 24.6 Å². The number of rotatable bonds is 4. The third-order valence-corrected chi connectivity index (χ3v) is 5.42. The minimum atomic E-state index is -0.918. The normalized spacial score (nSPS) is 20.2. The van der Waals surface area contributed by atoms with E-state index in [0.717, 1.165) is 30.1 Å². The molecule has 0 saturated carbocycles. The molecule has 0 aromatic heterocycles. The number of anilines is 1. The van der Waals surface area contributed by atoms with Crippen LogP contribution in [-0.4, -0.2) is 30.8 Å². The molecule has 1 N–H and O–H groups in total. The predicted molar refractivity (Wildman–Crippen MR) is 110 cm³/mol. The van der Waals surface area contributed by atoms with Gasteiger partial charge in [0.25, 0.3) is 0 Å². The molecule has 27 heavy (non-hydrogen) atoms. The molecule has 0 fully saturated rings. The molecule has 1 aliphatic heterocycles. The topological polar surface area (TPSA) is 49.8 Å². The highest BCUT2D eigenvalue weighted by molar-refractivity contribution is 5.81. The minimum absolute atomic E-state index is 0.00976. The van der Waals surface area contributed by atoms with Crippen molar-refractivity contribution in [1.82, 2.24) is 0 Å². The van der Waals surface area contributed by atoms with Crippen LogP contribution in [0.25, 0.3) is 0 Å². The van der Waals surface area contributed by atoms with Gasteiger partial charge in [-0.25, -0.2) is 4.79 Å². The lowest BCUT2D eigenvalue weighted by atomic mass is 9.68. The van der Waals surface area contributed by atoms with Gasteiger partial charge in [-0.15, -0.1) is 0 Å². The Morgan fingerprint density at radius 3 is 2.44 bits per heavy atom. The molecule has 3 rings (SSSR count). The molecule has 0 bridgehead atoms. The van der Waals surface area contributed by atoms with Gasteiger partial charge in [-0.1, -0.05) is 52.0 Å². The van der Waals surface area contributed by atoms with Crippen LogP contribution >= 0.6 is 0 Å². The first-order valence-corrected chi connectivity index (χ1v) is 9.45. The number of hydrogen-bond donors (Lipinski definition) is 1. The first-order valence-electron chi connectivity index (χ1n) is 9.45. The number of benzene rings is 1. The summed E-state index contributed by atoms with van der Waals surface area (Å²) in [5, 5.41) is 8.82. The van der Waals surface area contributed by atoms with E-state index in [1.807, 2.05) is 12.2 Å². The lowest BCUT2D eigenvalue weighted by molar-refractivity contribution is -0.131. The van der Waals surface area contributed by atoms with E-state index in [9.17, 15) is 4.79 Å². The van der Waals surface area contributed by atoms with Crippen LogP contribution in [0.5, 0.6) is 5.75 Å². The van der Waals surface area contributed by atoms with Crippen molar-refractivity contribution in [3.8, 4) is 5.75 Å². The van der Waals surface area contributed by atoms with E-state index in [4.69, 9.17) is 9.84 Å². The van der Waals surface area contributed by atoms with Crippen molar-refractivity contribution < 1.29 is 14.6 Å². The summed E-state index contributed by atoms with van der Waals surface area (Å²) < 4.78 is 5.98. The Bertz CT molecular complexity index is 843. The Kier molecular flexibility index (Phi) is 4.94. The van der Waals surface area contributed by atoms with E-state index in [1.54, 1.807) is 6.92 Å². The van der Waals surface area contributed by atoms with Crippen LogP contribution < -0.4 is 9.64 Å². The number of nitrogens with zero attached hydrogens (tertiary/aromatic N) is 1. The van der Waals surface area contributed by atoms with Gasteiger partial charge in [0.05, 0.1) is 12.2 Å². The van der Waals surface area contributed by atoms with E-state index < -0.39 is 5.97 Å². The monoisotopic (exact) mass is 367 g/mol. The highest BCUT2D eigenvalue weighted by atomic mass is 16.5. The number of fused-ring (bicyclic) bond motifs is 2. The number of allylic oxidation sites excluding steroid dienone is 4. The zero-order valence-corrected chi connectivity index (χ0v) is 16.9. The van der Waals surface area contributed by atoms with Gasteiger partial charge in [-0.2, -0.15) is 0 Å². The average molecular weight is 367 g/mol. The quantitative estimate of drug-likeness (QED) is 0.480. The number of hydrogen-bond acceptors (Lipinski definition) is 3. The highest BCUT2D eigenvalue weighted by Crippen LogP contribution is 2.46. The zero-order valence-electron chi connectivity index (χ0n) is 16.9. The maximum Gasteiger partial charge on any atom is 0.328 e. The second-order valence-corrected chi connectivity index (χ2v) is 8.57. The van der Waals surface area contributed by atoms with Crippen LogP contribution in [0.2, 0.25) is 0 Å². The summed E-state index contributed by atoms with van der Waals surface area (Å²) in [6.07, 6.45) is 9.69. The molecule has 0 amide bonds. The van der Waals surface area contributed by atoms with Gasteiger partial charge in [0.15, 0.2) is 0 Å². The molecule has 4 heteroatoms. The summed E-state index contributed by atoms with van der Waals surface area (Å²) in [6.45, 7) is 13.0. The van der Waals surface area contributed by atoms with Gasteiger partial charge in [0, 0.05) is 23.5 Å². The molecular weight excluding hydrogens is 338 g/mol. The Morgan fingerprint density at radius 2 is 1.81 bits per heavy atom. The molecule has 1 aromatic carbocycles. The smallest absolute Gasteiger partial charge is 0.328 e. The molecule has 0 atom stereocenters. The Balaban J connectivity index is 1.93. The molecule has 2 aliphatic rings. The van der Waals surface area contributed by atoms with Crippen LogP contribution in [0.1, 0.15) is 45.7 Å². The Hall–Kier alpha value is -2.49. The fourth-order valence-corrected chi connectivity index (χ4v) is 3.78. The number of carbonyl (C=O) groups is 1. The molecule has 0 saturated heterocycles. The minimum Gasteiger partial charge on any atom is -0.490 e. The predicted octanol–water partition coefficient (Wildman–Crippen LogP) is 4.60. The summed E-state index contributed by atoms with van der Waals surface area (Å²) in [4.78, 5) is 13.0. The van der Waals surface area contributed by atoms with Crippen molar-refractivity contribution in [2.24, 2.45) is 0 Å². The van der Waals surface area contributed by atoms with E-state index in [0.29, 0.717) is 6.61 Å². The van der Waals surface area contributed by atoms with E-state index >= 15 is 0 Å². The third-order valence-electron chi connectivity index (χ3n) is 5.42. The molecule has 4 nitrogen and oxygen atoms in total. The summed E-state index contributed by atoms with van der Waals surface area (Å²) in [6, 6.07) is 4.49. The number of carboxylic acid groups (broad SMARTS) is 1. The van der Waals surface area contributed by atoms with Crippen molar-refractivity contribution in [3.63, 3.8) is 0 Å². The second kappa shape index (κ2) is 6.91. The maximum absolute atomic E-state index is 10.7. The average Bonchev–Trinajstić information content (AvgIpc) is 2.57. The number of ether oxygens (including phenoxy) is 1. The zero-order chi connectivity index (χ0) is 19.8. The lowest BCUT2D eigenvalue weighted by Gasteiger charge is -2.40. The first-order chi connectivity index (χ1) is 12.6. The first kappa shape index (κ1) is 19.3. The lowest BCUT2D eigenvalue weighted by Crippen LogP contribution is -2.35. The Morgan fingerprint density at radius 1 is 1.19 bits per heavy atom. The van der Waals surface area contributed by atoms with Gasteiger partial charge < -0.3 is 14.7 Å². The van der Waals surface area contributed by atoms with Crippen LogP contribution in [0.4, 0.5) is 5.69 Å². The molecule has 1 aromatic rings. The number of carboxylic acids is 1. The summed E-state index contributed by atoms with van der Waals surface area (Å²) in [7, 11) is 0. The molecule has 1 aliphatic carbocycles. The second-order valence-electron chi connectivity index (χ2n) is 8.57. The fourth-order valence-electron chi connectivity index (χ4n) is 3.78. The summed E-state index contributed by atoms with van der Waals surface area (Å²) in [5.41, 5.74) is 4.49. The molecule has 0 radical (unpaired) electrons. The van der Waals surface area contributed by atoms with E-state index in [1.165, 1.54) is 17.2 Å². The standard InChI is InChI=1S/C23H29NO3/c1-16(13-21(25)26)7-6-10-24-11-12-27-20-15-18-17(14-19(20)24)22(2,3)8-9-23(18,4)5/h6-9,13-15H,10-12H2,1-5H3,(H,25,26). The van der Waals surface area contributed by atoms with Crippen molar-refractivity contribution in [3.05, 3.63) is 59.2 Å². The largest absolute Gasteiger partial charge is 0.490 e. The van der Waals surface area contributed by atoms with Crippen LogP contribution in [0.3, 0.4) is 0 Å². The van der Waals surface area contributed by atoms with Gasteiger partial charge in [-0.3, -0.25) is 0 Å². The molecule has 144 valence electrons. The van der Waals surface area contributed by atoms with Crippen molar-refractivity contribution in [1.29, 1.82) is 0 Å².